The molecule has 5 nitrogen and oxygen atoms in total. The quantitative estimate of drug-likeness (QED) is 0.550. The zero-order valence-corrected chi connectivity index (χ0v) is 18.6. The third-order valence-electron chi connectivity index (χ3n) is 5.57. The highest BCUT2D eigenvalue weighted by Crippen LogP contribution is 2.31. The Hall–Kier alpha value is -3.03. The van der Waals surface area contributed by atoms with E-state index in [4.69, 9.17) is 0 Å². The van der Waals surface area contributed by atoms with Gasteiger partial charge in [0.1, 0.15) is 5.82 Å². The summed E-state index contributed by atoms with van der Waals surface area (Å²) in [6, 6.07) is 20.1. The molecule has 3 aromatic rings. The number of halogens is 1. The number of carbonyl (C=O) groups excluding carboxylic acids is 1. The molecule has 0 heterocycles. The van der Waals surface area contributed by atoms with Gasteiger partial charge < -0.3 is 4.90 Å². The Bertz CT molecular complexity index is 1210. The minimum absolute atomic E-state index is 0.0555. The number of nitrogens with one attached hydrogen (secondary N) is 1. The van der Waals surface area contributed by atoms with Gasteiger partial charge in [0.25, 0.3) is 5.91 Å². The molecule has 32 heavy (non-hydrogen) atoms. The molecular formula is C25H25FN2O3S. The first-order valence-corrected chi connectivity index (χ1v) is 12.0. The van der Waals surface area contributed by atoms with Crippen LogP contribution in [0.25, 0.3) is 0 Å². The van der Waals surface area contributed by atoms with E-state index in [-0.39, 0.29) is 29.2 Å². The highest BCUT2D eigenvalue weighted by Gasteiger charge is 2.34. The number of rotatable bonds is 8. The van der Waals surface area contributed by atoms with Crippen molar-refractivity contribution in [2.75, 3.05) is 0 Å². The van der Waals surface area contributed by atoms with Gasteiger partial charge in [0.15, 0.2) is 0 Å². The second-order valence-corrected chi connectivity index (χ2v) is 9.84. The summed E-state index contributed by atoms with van der Waals surface area (Å²) in [5.41, 5.74) is 2.75. The second-order valence-electron chi connectivity index (χ2n) is 8.08. The third-order valence-corrected chi connectivity index (χ3v) is 6.97. The molecule has 1 aliphatic carbocycles. The number of carbonyl (C=O) groups is 1. The molecule has 0 saturated heterocycles. The number of sulfonamides is 1. The number of amides is 1. The van der Waals surface area contributed by atoms with E-state index in [1.54, 1.807) is 30.0 Å². The summed E-state index contributed by atoms with van der Waals surface area (Å²) in [6.07, 6.45) is 1.81. The minimum Gasteiger partial charge on any atom is -0.331 e. The Kier molecular flexibility index (Phi) is 6.39. The summed E-state index contributed by atoms with van der Waals surface area (Å²) in [7, 11) is -3.79. The van der Waals surface area contributed by atoms with Crippen LogP contribution in [0.1, 0.15) is 39.9 Å². The first kappa shape index (κ1) is 22.2. The van der Waals surface area contributed by atoms with Crippen LogP contribution in [0, 0.1) is 12.7 Å². The predicted octanol–water partition coefficient (Wildman–Crippen LogP) is 4.42. The van der Waals surface area contributed by atoms with Gasteiger partial charge in [0, 0.05) is 24.7 Å². The van der Waals surface area contributed by atoms with E-state index in [1.807, 2.05) is 30.3 Å². The van der Waals surface area contributed by atoms with Crippen LogP contribution in [0.3, 0.4) is 0 Å². The van der Waals surface area contributed by atoms with Crippen LogP contribution in [0.15, 0.2) is 77.7 Å². The Balaban J connectivity index is 1.56. The Morgan fingerprint density at radius 2 is 1.69 bits per heavy atom. The first-order chi connectivity index (χ1) is 15.3. The molecule has 4 rings (SSSR count). The van der Waals surface area contributed by atoms with E-state index in [0.717, 1.165) is 24.0 Å². The highest BCUT2D eigenvalue weighted by molar-refractivity contribution is 7.89. The monoisotopic (exact) mass is 452 g/mol. The zero-order valence-electron chi connectivity index (χ0n) is 17.8. The molecule has 0 bridgehead atoms. The fourth-order valence-corrected chi connectivity index (χ4v) is 4.59. The van der Waals surface area contributed by atoms with E-state index >= 15 is 0 Å². The van der Waals surface area contributed by atoms with Gasteiger partial charge in [-0.3, -0.25) is 4.79 Å². The molecule has 1 aliphatic rings. The van der Waals surface area contributed by atoms with Crippen molar-refractivity contribution in [2.24, 2.45) is 0 Å². The molecule has 1 N–H and O–H groups in total. The van der Waals surface area contributed by atoms with Gasteiger partial charge in [0.2, 0.25) is 10.0 Å². The maximum absolute atomic E-state index is 13.4. The molecule has 1 saturated carbocycles. The van der Waals surface area contributed by atoms with Crippen LogP contribution in [-0.2, 0) is 23.1 Å². The predicted molar refractivity (Wildman–Crippen MR) is 121 cm³/mol. The van der Waals surface area contributed by atoms with Crippen LogP contribution in [-0.4, -0.2) is 25.3 Å². The van der Waals surface area contributed by atoms with Gasteiger partial charge in [-0.1, -0.05) is 48.5 Å². The summed E-state index contributed by atoms with van der Waals surface area (Å²) < 4.78 is 41.6. The summed E-state index contributed by atoms with van der Waals surface area (Å²) in [4.78, 5) is 15.2. The lowest BCUT2D eigenvalue weighted by Gasteiger charge is -2.24. The molecule has 7 heteroatoms. The molecule has 3 aromatic carbocycles. The van der Waals surface area contributed by atoms with Gasteiger partial charge in [-0.05, 0) is 60.7 Å². The van der Waals surface area contributed by atoms with Crippen molar-refractivity contribution >= 4 is 15.9 Å². The van der Waals surface area contributed by atoms with E-state index in [2.05, 4.69) is 4.72 Å². The normalized spacial score (nSPS) is 13.7. The zero-order chi connectivity index (χ0) is 22.7. The summed E-state index contributed by atoms with van der Waals surface area (Å²) in [5.74, 6) is -0.538. The molecule has 0 aromatic heterocycles. The van der Waals surface area contributed by atoms with Crippen LogP contribution in [0.4, 0.5) is 4.39 Å². The van der Waals surface area contributed by atoms with Crippen LogP contribution in [0.5, 0.6) is 0 Å². The second kappa shape index (κ2) is 9.22. The van der Waals surface area contributed by atoms with Crippen LogP contribution < -0.4 is 4.72 Å². The Morgan fingerprint density at radius 3 is 2.34 bits per heavy atom. The van der Waals surface area contributed by atoms with Gasteiger partial charge in [-0.15, -0.1) is 0 Å². The smallest absolute Gasteiger partial charge is 0.254 e. The van der Waals surface area contributed by atoms with Crippen molar-refractivity contribution < 1.29 is 17.6 Å². The molecule has 0 aliphatic heterocycles. The van der Waals surface area contributed by atoms with Crippen molar-refractivity contribution in [1.82, 2.24) is 9.62 Å². The van der Waals surface area contributed by atoms with E-state index in [0.29, 0.717) is 17.7 Å². The van der Waals surface area contributed by atoms with Gasteiger partial charge in [-0.25, -0.2) is 17.5 Å². The van der Waals surface area contributed by atoms with Crippen molar-refractivity contribution in [3.63, 3.8) is 0 Å². The van der Waals surface area contributed by atoms with E-state index < -0.39 is 10.0 Å². The van der Waals surface area contributed by atoms with E-state index in [1.165, 1.54) is 24.3 Å². The average molecular weight is 453 g/mol. The maximum Gasteiger partial charge on any atom is 0.254 e. The van der Waals surface area contributed by atoms with Crippen molar-refractivity contribution in [3.8, 4) is 0 Å². The number of hydrogen-bond acceptors (Lipinski definition) is 3. The average Bonchev–Trinajstić information content (AvgIpc) is 3.63. The number of nitrogens with zero attached hydrogens (tertiary/aromatic N) is 1. The number of benzene rings is 3. The lowest BCUT2D eigenvalue weighted by molar-refractivity contribution is 0.0729. The fraction of sp³-hybridized carbons (Fsp3) is 0.240. The fourth-order valence-electron chi connectivity index (χ4n) is 3.55. The van der Waals surface area contributed by atoms with Gasteiger partial charge in [0.05, 0.1) is 4.90 Å². The maximum atomic E-state index is 13.4. The lowest BCUT2D eigenvalue weighted by Crippen LogP contribution is -2.33. The van der Waals surface area contributed by atoms with Gasteiger partial charge >= 0.3 is 0 Å². The van der Waals surface area contributed by atoms with Crippen LogP contribution in [0.2, 0.25) is 0 Å². The Morgan fingerprint density at radius 1 is 1.00 bits per heavy atom. The minimum atomic E-state index is -3.79. The topological polar surface area (TPSA) is 66.5 Å². The molecule has 1 fully saturated rings. The lowest BCUT2D eigenvalue weighted by atomic mass is 10.1. The SMILES string of the molecule is Cc1ccc(S(=O)(=O)NCc2ccccc2)cc1C(=O)N(Cc1ccc(F)cc1)C1CC1. The van der Waals surface area contributed by atoms with Gasteiger partial charge in [-0.2, -0.15) is 0 Å². The first-order valence-electron chi connectivity index (χ1n) is 10.5. The number of hydrogen-bond donors (Lipinski definition) is 1. The number of aryl methyl sites for hydroxylation is 1. The molecule has 166 valence electrons. The highest BCUT2D eigenvalue weighted by atomic mass is 32.2. The Labute approximate surface area is 187 Å². The molecule has 0 atom stereocenters. The van der Waals surface area contributed by atoms with E-state index in [9.17, 15) is 17.6 Å². The molecule has 0 radical (unpaired) electrons. The largest absolute Gasteiger partial charge is 0.331 e. The van der Waals surface area contributed by atoms with Crippen molar-refractivity contribution in [3.05, 3.63) is 101 Å². The van der Waals surface area contributed by atoms with Crippen molar-refractivity contribution in [2.45, 2.75) is 43.8 Å². The molecule has 0 unspecified atom stereocenters. The summed E-state index contributed by atoms with van der Waals surface area (Å²) in [6.45, 7) is 2.32. The summed E-state index contributed by atoms with van der Waals surface area (Å²) >= 11 is 0. The summed E-state index contributed by atoms with van der Waals surface area (Å²) in [5, 5.41) is 0. The standard InChI is InChI=1S/C25H25FN2O3S/c1-18-7-14-23(32(30,31)27-16-19-5-3-2-4-6-19)15-24(18)25(29)28(22-12-13-22)17-20-8-10-21(26)11-9-20/h2-11,14-15,22,27H,12-13,16-17H2,1H3. The van der Waals surface area contributed by atoms with Crippen molar-refractivity contribution in [1.29, 1.82) is 0 Å². The molecular weight excluding hydrogens is 427 g/mol. The third kappa shape index (κ3) is 5.23. The van der Waals surface area contributed by atoms with Crippen LogP contribution >= 0.6 is 0 Å². The molecule has 0 spiro atoms. The molecule has 1 amide bonds.